The normalized spacial score (nSPS) is 29.8. The van der Waals surface area contributed by atoms with Gasteiger partial charge in [-0.2, -0.15) is 0 Å². The average Bonchev–Trinajstić information content (AvgIpc) is 2.15. The van der Waals surface area contributed by atoms with Crippen LogP contribution in [0, 0.1) is 5.92 Å². The van der Waals surface area contributed by atoms with E-state index in [4.69, 9.17) is 0 Å². The summed E-state index contributed by atoms with van der Waals surface area (Å²) in [6, 6.07) is 0. The first-order valence-corrected chi connectivity index (χ1v) is 6.03. The second-order valence-corrected chi connectivity index (χ2v) is 5.30. The number of hydrogen-bond donors (Lipinski definition) is 1. The summed E-state index contributed by atoms with van der Waals surface area (Å²) in [6.07, 6.45) is 2.56. The van der Waals surface area contributed by atoms with Gasteiger partial charge in [-0.05, 0) is 32.2 Å². The minimum absolute atomic E-state index is 0.356. The van der Waals surface area contributed by atoms with Crippen LogP contribution >= 0.6 is 0 Å². The van der Waals surface area contributed by atoms with Crippen LogP contribution in [0.3, 0.4) is 0 Å². The zero-order chi connectivity index (χ0) is 10.6. The zero-order valence-corrected chi connectivity index (χ0v) is 10.3. The van der Waals surface area contributed by atoms with Crippen molar-refractivity contribution in [3.63, 3.8) is 0 Å². The molecule has 0 saturated carbocycles. The van der Waals surface area contributed by atoms with Crippen molar-refractivity contribution in [2.75, 3.05) is 26.2 Å². The van der Waals surface area contributed by atoms with Gasteiger partial charge in [0.15, 0.2) is 0 Å². The van der Waals surface area contributed by atoms with Crippen LogP contribution in [-0.4, -0.2) is 36.6 Å². The number of piperazine rings is 1. The lowest BCUT2D eigenvalue weighted by Crippen LogP contribution is -2.58. The highest BCUT2D eigenvalue weighted by atomic mass is 15.2. The molecule has 0 aromatic heterocycles. The molecule has 1 saturated heterocycles. The maximum Gasteiger partial charge on any atom is 0.0278 e. The SMILES string of the molecule is CCC1(C)CN(CCC(C)C)CCN1. The molecular formula is C12H26N2. The lowest BCUT2D eigenvalue weighted by Gasteiger charge is -2.41. The molecule has 0 bridgehead atoms. The largest absolute Gasteiger partial charge is 0.309 e. The molecule has 2 heteroatoms. The van der Waals surface area contributed by atoms with Crippen LogP contribution in [0.1, 0.15) is 40.5 Å². The van der Waals surface area contributed by atoms with Crippen molar-refractivity contribution in [3.8, 4) is 0 Å². The van der Waals surface area contributed by atoms with Crippen LogP contribution < -0.4 is 5.32 Å². The highest BCUT2D eigenvalue weighted by molar-refractivity contribution is 4.89. The molecule has 2 nitrogen and oxygen atoms in total. The Morgan fingerprint density at radius 3 is 2.71 bits per heavy atom. The van der Waals surface area contributed by atoms with E-state index in [2.05, 4.69) is 37.9 Å². The predicted molar refractivity (Wildman–Crippen MR) is 62.6 cm³/mol. The highest BCUT2D eigenvalue weighted by Crippen LogP contribution is 2.15. The second-order valence-electron chi connectivity index (χ2n) is 5.30. The summed E-state index contributed by atoms with van der Waals surface area (Å²) in [6.45, 7) is 14.1. The van der Waals surface area contributed by atoms with E-state index in [0.717, 1.165) is 12.5 Å². The third-order valence-corrected chi connectivity index (χ3v) is 3.36. The summed E-state index contributed by atoms with van der Waals surface area (Å²) in [5.41, 5.74) is 0.356. The predicted octanol–water partition coefficient (Wildman–Crippen LogP) is 2.11. The lowest BCUT2D eigenvalue weighted by molar-refractivity contribution is 0.134. The van der Waals surface area contributed by atoms with Gasteiger partial charge in [0, 0.05) is 25.2 Å². The Balaban J connectivity index is 2.33. The van der Waals surface area contributed by atoms with Crippen molar-refractivity contribution in [2.24, 2.45) is 5.92 Å². The average molecular weight is 198 g/mol. The summed E-state index contributed by atoms with van der Waals surface area (Å²) >= 11 is 0. The van der Waals surface area contributed by atoms with E-state index in [1.54, 1.807) is 0 Å². The van der Waals surface area contributed by atoms with Crippen molar-refractivity contribution in [3.05, 3.63) is 0 Å². The standard InChI is InChI=1S/C12H26N2/c1-5-12(4)10-14(9-7-13-12)8-6-11(2)3/h11,13H,5-10H2,1-4H3. The maximum absolute atomic E-state index is 3.62. The smallest absolute Gasteiger partial charge is 0.0278 e. The Labute approximate surface area is 89.1 Å². The van der Waals surface area contributed by atoms with Gasteiger partial charge in [-0.25, -0.2) is 0 Å². The molecule has 0 aromatic rings. The van der Waals surface area contributed by atoms with Crippen LogP contribution in [0.15, 0.2) is 0 Å². The van der Waals surface area contributed by atoms with Gasteiger partial charge >= 0.3 is 0 Å². The number of rotatable bonds is 4. The fourth-order valence-corrected chi connectivity index (χ4v) is 2.01. The molecule has 1 heterocycles. The van der Waals surface area contributed by atoms with Crippen LogP contribution in [0.5, 0.6) is 0 Å². The van der Waals surface area contributed by atoms with E-state index < -0.39 is 0 Å². The van der Waals surface area contributed by atoms with Crippen molar-refractivity contribution < 1.29 is 0 Å². The van der Waals surface area contributed by atoms with Gasteiger partial charge in [-0.3, -0.25) is 0 Å². The summed E-state index contributed by atoms with van der Waals surface area (Å²) in [5.74, 6) is 0.831. The minimum Gasteiger partial charge on any atom is -0.309 e. The van der Waals surface area contributed by atoms with Gasteiger partial charge in [-0.15, -0.1) is 0 Å². The first-order valence-electron chi connectivity index (χ1n) is 6.03. The third-order valence-electron chi connectivity index (χ3n) is 3.36. The Bertz CT molecular complexity index is 168. The molecule has 1 N–H and O–H groups in total. The van der Waals surface area contributed by atoms with Crippen molar-refractivity contribution in [1.82, 2.24) is 10.2 Å². The Morgan fingerprint density at radius 1 is 1.43 bits per heavy atom. The molecule has 1 aliphatic heterocycles. The Hall–Kier alpha value is -0.0800. The molecule has 0 amide bonds. The van der Waals surface area contributed by atoms with E-state index in [1.807, 2.05) is 0 Å². The Kier molecular flexibility index (Phi) is 4.39. The summed E-state index contributed by atoms with van der Waals surface area (Å²) in [4.78, 5) is 2.61. The second kappa shape index (κ2) is 5.13. The number of nitrogens with one attached hydrogen (secondary N) is 1. The first-order chi connectivity index (χ1) is 6.56. The third kappa shape index (κ3) is 3.58. The fourth-order valence-electron chi connectivity index (χ4n) is 2.01. The van der Waals surface area contributed by atoms with Crippen molar-refractivity contribution in [1.29, 1.82) is 0 Å². The molecule has 84 valence electrons. The molecule has 0 aliphatic carbocycles. The zero-order valence-electron chi connectivity index (χ0n) is 10.3. The van der Waals surface area contributed by atoms with E-state index in [0.29, 0.717) is 5.54 Å². The van der Waals surface area contributed by atoms with Gasteiger partial charge in [0.1, 0.15) is 0 Å². The quantitative estimate of drug-likeness (QED) is 0.744. The van der Waals surface area contributed by atoms with Crippen molar-refractivity contribution in [2.45, 2.75) is 46.1 Å². The molecule has 1 rings (SSSR count). The van der Waals surface area contributed by atoms with Gasteiger partial charge in [0.2, 0.25) is 0 Å². The monoisotopic (exact) mass is 198 g/mol. The van der Waals surface area contributed by atoms with Crippen LogP contribution in [-0.2, 0) is 0 Å². The lowest BCUT2D eigenvalue weighted by atomic mass is 9.95. The molecule has 1 unspecified atom stereocenters. The van der Waals surface area contributed by atoms with Crippen molar-refractivity contribution >= 4 is 0 Å². The summed E-state index contributed by atoms with van der Waals surface area (Å²) < 4.78 is 0. The number of hydrogen-bond acceptors (Lipinski definition) is 2. The summed E-state index contributed by atoms with van der Waals surface area (Å²) in [7, 11) is 0. The summed E-state index contributed by atoms with van der Waals surface area (Å²) in [5, 5.41) is 3.62. The minimum atomic E-state index is 0.356. The molecular weight excluding hydrogens is 172 g/mol. The van der Waals surface area contributed by atoms with Gasteiger partial charge in [0.25, 0.3) is 0 Å². The van der Waals surface area contributed by atoms with Gasteiger partial charge in [-0.1, -0.05) is 20.8 Å². The van der Waals surface area contributed by atoms with Crippen LogP contribution in [0.4, 0.5) is 0 Å². The fraction of sp³-hybridized carbons (Fsp3) is 1.00. The molecule has 1 aliphatic rings. The van der Waals surface area contributed by atoms with Crippen LogP contribution in [0.25, 0.3) is 0 Å². The Morgan fingerprint density at radius 2 is 2.14 bits per heavy atom. The molecule has 0 aromatic carbocycles. The van der Waals surface area contributed by atoms with E-state index >= 15 is 0 Å². The van der Waals surface area contributed by atoms with Gasteiger partial charge < -0.3 is 10.2 Å². The first kappa shape index (κ1) is 12.0. The van der Waals surface area contributed by atoms with E-state index in [-0.39, 0.29) is 0 Å². The molecule has 1 atom stereocenters. The maximum atomic E-state index is 3.62. The van der Waals surface area contributed by atoms with Gasteiger partial charge in [0.05, 0.1) is 0 Å². The van der Waals surface area contributed by atoms with E-state index in [9.17, 15) is 0 Å². The number of nitrogens with zero attached hydrogens (tertiary/aromatic N) is 1. The highest BCUT2D eigenvalue weighted by Gasteiger charge is 2.28. The molecule has 0 radical (unpaired) electrons. The topological polar surface area (TPSA) is 15.3 Å². The molecule has 0 spiro atoms. The molecule has 14 heavy (non-hydrogen) atoms. The van der Waals surface area contributed by atoms with Crippen LogP contribution in [0.2, 0.25) is 0 Å². The molecule has 1 fully saturated rings. The van der Waals surface area contributed by atoms with E-state index in [1.165, 1.54) is 32.5 Å².